The zero-order valence-electron chi connectivity index (χ0n) is 10.9. The monoisotopic (exact) mass is 245 g/mol. The summed E-state index contributed by atoms with van der Waals surface area (Å²) in [5, 5.41) is 7.91. The van der Waals surface area contributed by atoms with Crippen molar-refractivity contribution in [1.29, 1.82) is 0 Å². The minimum Gasteiger partial charge on any atom is -0.469 e. The number of hydrogen-bond acceptors (Lipinski definition) is 3. The molecule has 4 nitrogen and oxygen atoms in total. The molecule has 0 fully saturated rings. The van der Waals surface area contributed by atoms with Crippen LogP contribution in [-0.2, 0) is 13.5 Å². The molecule has 0 bridgehead atoms. The molecule has 0 saturated carbocycles. The van der Waals surface area contributed by atoms with Crippen molar-refractivity contribution in [3.8, 4) is 0 Å². The number of nitrogens with one attached hydrogen (secondary N) is 1. The van der Waals surface area contributed by atoms with Gasteiger partial charge in [0.05, 0.1) is 12.0 Å². The van der Waals surface area contributed by atoms with Gasteiger partial charge >= 0.3 is 0 Å². The lowest BCUT2D eigenvalue weighted by atomic mass is 9.93. The Hall–Kier alpha value is -1.55. The number of aromatic nitrogens is 2. The van der Waals surface area contributed by atoms with Crippen molar-refractivity contribution in [2.45, 2.75) is 38.3 Å². The molecule has 4 heteroatoms. The van der Waals surface area contributed by atoms with Gasteiger partial charge < -0.3 is 9.73 Å². The molecule has 1 aliphatic rings. The van der Waals surface area contributed by atoms with E-state index in [9.17, 15) is 0 Å². The fourth-order valence-electron chi connectivity index (χ4n) is 2.86. The first kappa shape index (κ1) is 11.5. The molecule has 1 N–H and O–H groups in total. The Balaban J connectivity index is 1.77. The summed E-state index contributed by atoms with van der Waals surface area (Å²) in [4.78, 5) is 0. The average molecular weight is 245 g/mol. The van der Waals surface area contributed by atoms with Gasteiger partial charge in [0, 0.05) is 37.3 Å². The second kappa shape index (κ2) is 4.61. The summed E-state index contributed by atoms with van der Waals surface area (Å²) in [6.07, 6.45) is 7.09. The Morgan fingerprint density at radius 3 is 3.17 bits per heavy atom. The van der Waals surface area contributed by atoms with Gasteiger partial charge in [-0.1, -0.05) is 0 Å². The van der Waals surface area contributed by atoms with Crippen molar-refractivity contribution in [2.24, 2.45) is 7.05 Å². The summed E-state index contributed by atoms with van der Waals surface area (Å²) in [5.74, 6) is 1.15. The normalized spacial score (nSPS) is 20.7. The maximum atomic E-state index is 5.52. The first-order valence-corrected chi connectivity index (χ1v) is 6.56. The quantitative estimate of drug-likeness (QED) is 0.904. The van der Waals surface area contributed by atoms with E-state index in [1.165, 1.54) is 24.1 Å². The molecule has 0 saturated heterocycles. The van der Waals surface area contributed by atoms with Crippen molar-refractivity contribution < 1.29 is 4.42 Å². The first-order chi connectivity index (χ1) is 8.75. The molecule has 0 radical (unpaired) electrons. The maximum absolute atomic E-state index is 5.52. The van der Waals surface area contributed by atoms with Crippen LogP contribution >= 0.6 is 0 Å². The van der Waals surface area contributed by atoms with Crippen LogP contribution in [0.4, 0.5) is 0 Å². The lowest BCUT2D eigenvalue weighted by Crippen LogP contribution is -2.28. The molecular formula is C14H19N3O. The van der Waals surface area contributed by atoms with Crippen molar-refractivity contribution in [2.75, 3.05) is 0 Å². The van der Waals surface area contributed by atoms with Crippen LogP contribution in [0.2, 0.25) is 0 Å². The van der Waals surface area contributed by atoms with E-state index in [1.807, 2.05) is 17.9 Å². The summed E-state index contributed by atoms with van der Waals surface area (Å²) in [5.41, 5.74) is 2.54. The number of nitrogens with zero attached hydrogens (tertiary/aromatic N) is 2. The zero-order chi connectivity index (χ0) is 12.5. The van der Waals surface area contributed by atoms with Crippen LogP contribution in [-0.4, -0.2) is 9.78 Å². The number of fused-ring (bicyclic) bond motifs is 1. The lowest BCUT2D eigenvalue weighted by molar-refractivity contribution is 0.378. The zero-order valence-corrected chi connectivity index (χ0v) is 10.9. The van der Waals surface area contributed by atoms with Crippen LogP contribution in [0, 0.1) is 0 Å². The highest BCUT2D eigenvalue weighted by Crippen LogP contribution is 2.32. The molecule has 2 unspecified atom stereocenters. The van der Waals surface area contributed by atoms with E-state index in [1.54, 1.807) is 6.26 Å². The number of furan rings is 1. The molecule has 96 valence electrons. The standard InChI is InChI=1S/C14H19N3O/c1-10(13-6-8-15-17(13)2)16-12-4-3-5-14-11(12)7-9-18-14/h6-10,12,16H,3-5H2,1-2H3. The Kier molecular flexibility index (Phi) is 2.96. The third-order valence-corrected chi connectivity index (χ3v) is 3.81. The Morgan fingerprint density at radius 2 is 2.39 bits per heavy atom. The van der Waals surface area contributed by atoms with Gasteiger partial charge in [0.15, 0.2) is 0 Å². The average Bonchev–Trinajstić information content (AvgIpc) is 2.97. The van der Waals surface area contributed by atoms with Gasteiger partial charge in [-0.05, 0) is 31.9 Å². The third kappa shape index (κ3) is 1.97. The van der Waals surface area contributed by atoms with E-state index in [0.29, 0.717) is 12.1 Å². The summed E-state index contributed by atoms with van der Waals surface area (Å²) >= 11 is 0. The number of hydrogen-bond donors (Lipinski definition) is 1. The summed E-state index contributed by atoms with van der Waals surface area (Å²) < 4.78 is 7.45. The minimum atomic E-state index is 0.295. The van der Waals surface area contributed by atoms with Crippen LogP contribution in [0.25, 0.3) is 0 Å². The molecule has 0 amide bonds. The van der Waals surface area contributed by atoms with Crippen LogP contribution < -0.4 is 5.32 Å². The van der Waals surface area contributed by atoms with Crippen LogP contribution in [0.5, 0.6) is 0 Å². The smallest absolute Gasteiger partial charge is 0.108 e. The molecule has 0 aliphatic heterocycles. The van der Waals surface area contributed by atoms with Gasteiger partial charge in [0.2, 0.25) is 0 Å². The van der Waals surface area contributed by atoms with Gasteiger partial charge in [-0.3, -0.25) is 4.68 Å². The second-order valence-electron chi connectivity index (χ2n) is 5.01. The highest BCUT2D eigenvalue weighted by Gasteiger charge is 2.24. The summed E-state index contributed by atoms with van der Waals surface area (Å²) in [6, 6.07) is 4.86. The maximum Gasteiger partial charge on any atom is 0.108 e. The Bertz CT molecular complexity index is 529. The van der Waals surface area contributed by atoms with Gasteiger partial charge in [0.25, 0.3) is 0 Å². The van der Waals surface area contributed by atoms with E-state index in [-0.39, 0.29) is 0 Å². The molecule has 3 rings (SSSR count). The molecule has 2 aromatic rings. The van der Waals surface area contributed by atoms with Crippen molar-refractivity contribution >= 4 is 0 Å². The molecule has 0 aromatic carbocycles. The second-order valence-corrected chi connectivity index (χ2v) is 5.01. The molecule has 2 heterocycles. The van der Waals surface area contributed by atoms with Crippen LogP contribution in [0.1, 0.15) is 48.9 Å². The Labute approximate surface area is 107 Å². The highest BCUT2D eigenvalue weighted by atomic mass is 16.3. The van der Waals surface area contributed by atoms with Gasteiger partial charge in [-0.2, -0.15) is 5.10 Å². The number of rotatable bonds is 3. The van der Waals surface area contributed by atoms with Gasteiger partial charge in [0.1, 0.15) is 5.76 Å². The molecule has 2 aromatic heterocycles. The van der Waals surface area contributed by atoms with E-state index in [2.05, 4.69) is 29.5 Å². The fraction of sp³-hybridized carbons (Fsp3) is 0.500. The molecular weight excluding hydrogens is 226 g/mol. The van der Waals surface area contributed by atoms with Crippen molar-refractivity contribution in [3.05, 3.63) is 41.6 Å². The molecule has 0 spiro atoms. The molecule has 18 heavy (non-hydrogen) atoms. The predicted molar refractivity (Wildman–Crippen MR) is 69.1 cm³/mol. The van der Waals surface area contributed by atoms with Crippen LogP contribution in [0.3, 0.4) is 0 Å². The van der Waals surface area contributed by atoms with E-state index >= 15 is 0 Å². The molecule has 2 atom stereocenters. The SMILES string of the molecule is CC(NC1CCCc2occc21)c1ccnn1C. The lowest BCUT2D eigenvalue weighted by Gasteiger charge is -2.26. The van der Waals surface area contributed by atoms with Crippen molar-refractivity contribution in [3.63, 3.8) is 0 Å². The minimum absolute atomic E-state index is 0.295. The largest absolute Gasteiger partial charge is 0.469 e. The summed E-state index contributed by atoms with van der Waals surface area (Å²) in [6.45, 7) is 2.19. The fourth-order valence-corrected chi connectivity index (χ4v) is 2.86. The predicted octanol–water partition coefficient (Wildman–Crippen LogP) is 2.74. The summed E-state index contributed by atoms with van der Waals surface area (Å²) in [7, 11) is 1.98. The van der Waals surface area contributed by atoms with Crippen molar-refractivity contribution in [1.82, 2.24) is 15.1 Å². The Morgan fingerprint density at radius 1 is 1.50 bits per heavy atom. The van der Waals surface area contributed by atoms with Gasteiger partial charge in [-0.15, -0.1) is 0 Å². The highest BCUT2D eigenvalue weighted by molar-refractivity contribution is 5.24. The van der Waals surface area contributed by atoms with Crippen LogP contribution in [0.15, 0.2) is 29.0 Å². The molecule has 1 aliphatic carbocycles. The van der Waals surface area contributed by atoms with E-state index in [4.69, 9.17) is 4.42 Å². The first-order valence-electron chi connectivity index (χ1n) is 6.56. The van der Waals surface area contributed by atoms with E-state index < -0.39 is 0 Å². The van der Waals surface area contributed by atoms with Gasteiger partial charge in [-0.25, -0.2) is 0 Å². The topological polar surface area (TPSA) is 43.0 Å². The van der Waals surface area contributed by atoms with E-state index in [0.717, 1.165) is 12.2 Å². The third-order valence-electron chi connectivity index (χ3n) is 3.81. The number of aryl methyl sites for hydroxylation is 2.